The number of rotatable bonds is 7. The summed E-state index contributed by atoms with van der Waals surface area (Å²) in [6.07, 6.45) is 0.132. The Morgan fingerprint density at radius 3 is 2.64 bits per heavy atom. The minimum atomic E-state index is -0.479. The Morgan fingerprint density at radius 1 is 1.18 bits per heavy atom. The van der Waals surface area contributed by atoms with Gasteiger partial charge < -0.3 is 19.4 Å². The van der Waals surface area contributed by atoms with Gasteiger partial charge in [-0.25, -0.2) is 0 Å². The monoisotopic (exact) mass is 465 g/mol. The van der Waals surface area contributed by atoms with Gasteiger partial charge in [0.05, 0.1) is 19.3 Å². The molecule has 1 aliphatic heterocycles. The first kappa shape index (κ1) is 22.9. The fraction of sp³-hybridized carbons (Fsp3) is 0.320. The second kappa shape index (κ2) is 9.70. The van der Waals surface area contributed by atoms with Crippen molar-refractivity contribution in [3.8, 4) is 11.5 Å². The Bertz CT molecular complexity index is 1240. The van der Waals surface area contributed by atoms with Crippen molar-refractivity contribution in [3.63, 3.8) is 0 Å². The van der Waals surface area contributed by atoms with E-state index in [1.54, 1.807) is 17.7 Å². The van der Waals surface area contributed by atoms with Crippen LogP contribution in [0.4, 0.5) is 5.82 Å². The molecule has 0 saturated carbocycles. The number of nitrogens with zero attached hydrogens (tertiary/aromatic N) is 2. The second-order valence-electron chi connectivity index (χ2n) is 7.91. The molecule has 1 amide bonds. The topological polar surface area (TPSA) is 82.4 Å². The van der Waals surface area contributed by atoms with Crippen LogP contribution in [0.3, 0.4) is 0 Å². The lowest BCUT2D eigenvalue weighted by molar-refractivity contribution is -0.116. The lowest BCUT2D eigenvalue weighted by atomic mass is 9.86. The van der Waals surface area contributed by atoms with E-state index in [9.17, 15) is 9.59 Å². The van der Waals surface area contributed by atoms with E-state index in [1.165, 1.54) is 17.3 Å². The molecule has 1 unspecified atom stereocenters. The quantitative estimate of drug-likeness (QED) is 0.415. The number of amides is 1. The molecule has 0 radical (unpaired) electrons. The SMILES string of the molecule is CCOc1c(OC)cccc1C1CC(=O)Nc2c1c(=O)nc(SCc1ccc(C)cc1)n2C. The number of para-hydroxylation sites is 1. The molecular formula is C25H27N3O4S. The normalized spacial score (nSPS) is 15.0. The van der Waals surface area contributed by atoms with E-state index < -0.39 is 5.92 Å². The number of ether oxygens (including phenoxy) is 2. The van der Waals surface area contributed by atoms with Gasteiger partial charge in [0.2, 0.25) is 5.91 Å². The number of benzene rings is 2. The van der Waals surface area contributed by atoms with Crippen molar-refractivity contribution in [1.82, 2.24) is 9.55 Å². The number of anilines is 1. The molecular weight excluding hydrogens is 438 g/mol. The zero-order valence-electron chi connectivity index (χ0n) is 19.2. The number of aryl methyl sites for hydroxylation is 1. The number of carbonyl (C=O) groups is 1. The summed E-state index contributed by atoms with van der Waals surface area (Å²) in [5.74, 6) is 1.63. The van der Waals surface area contributed by atoms with E-state index in [0.717, 1.165) is 11.1 Å². The molecule has 1 aromatic heterocycles. The van der Waals surface area contributed by atoms with Crippen LogP contribution < -0.4 is 20.3 Å². The third kappa shape index (κ3) is 4.61. The Morgan fingerprint density at radius 2 is 1.94 bits per heavy atom. The molecule has 8 heteroatoms. The molecule has 0 saturated heterocycles. The summed E-state index contributed by atoms with van der Waals surface area (Å²) in [5, 5.41) is 3.45. The summed E-state index contributed by atoms with van der Waals surface area (Å²) in [5.41, 5.74) is 3.19. The van der Waals surface area contributed by atoms with Crippen molar-refractivity contribution in [2.75, 3.05) is 19.0 Å². The van der Waals surface area contributed by atoms with Crippen molar-refractivity contribution >= 4 is 23.5 Å². The van der Waals surface area contributed by atoms with Gasteiger partial charge in [-0.2, -0.15) is 4.98 Å². The van der Waals surface area contributed by atoms with Crippen LogP contribution in [-0.4, -0.2) is 29.2 Å². The fourth-order valence-corrected chi connectivity index (χ4v) is 4.95. The molecule has 4 rings (SSSR count). The molecule has 0 aliphatic carbocycles. The standard InChI is InChI=1S/C25H27N3O4S/c1-5-32-22-17(7-6-8-19(22)31-4)18-13-20(29)26-23-21(18)24(30)27-25(28(23)3)33-14-16-11-9-15(2)10-12-16/h6-12,18H,5,13-14H2,1-4H3,(H,26,29). The van der Waals surface area contributed by atoms with Gasteiger partial charge in [0.15, 0.2) is 16.7 Å². The number of fused-ring (bicyclic) bond motifs is 1. The minimum absolute atomic E-state index is 0.132. The lowest BCUT2D eigenvalue weighted by Crippen LogP contribution is -2.33. The van der Waals surface area contributed by atoms with Crippen molar-refractivity contribution in [3.05, 3.63) is 75.1 Å². The van der Waals surface area contributed by atoms with Crippen molar-refractivity contribution in [2.24, 2.45) is 7.05 Å². The highest BCUT2D eigenvalue weighted by Crippen LogP contribution is 2.43. The molecule has 1 atom stereocenters. The summed E-state index contributed by atoms with van der Waals surface area (Å²) < 4.78 is 13.1. The molecule has 2 heterocycles. The smallest absolute Gasteiger partial charge is 0.279 e. The van der Waals surface area contributed by atoms with Gasteiger partial charge in [-0.15, -0.1) is 0 Å². The number of thioether (sulfide) groups is 1. The fourth-order valence-electron chi connectivity index (χ4n) is 4.03. The van der Waals surface area contributed by atoms with Gasteiger partial charge >= 0.3 is 0 Å². The maximum absolute atomic E-state index is 13.2. The van der Waals surface area contributed by atoms with Crippen molar-refractivity contribution in [1.29, 1.82) is 0 Å². The van der Waals surface area contributed by atoms with Gasteiger partial charge in [0, 0.05) is 30.7 Å². The molecule has 0 bridgehead atoms. The summed E-state index contributed by atoms with van der Waals surface area (Å²) in [6, 6.07) is 13.8. The summed E-state index contributed by atoms with van der Waals surface area (Å²) in [6.45, 7) is 4.37. The minimum Gasteiger partial charge on any atom is -0.493 e. The summed E-state index contributed by atoms with van der Waals surface area (Å²) in [4.78, 5) is 30.3. The van der Waals surface area contributed by atoms with Gasteiger partial charge in [-0.3, -0.25) is 9.59 Å². The van der Waals surface area contributed by atoms with Crippen molar-refractivity contribution < 1.29 is 14.3 Å². The number of carbonyl (C=O) groups excluding carboxylic acids is 1. The number of hydrogen-bond acceptors (Lipinski definition) is 6. The predicted octanol–water partition coefficient (Wildman–Crippen LogP) is 4.26. The zero-order chi connectivity index (χ0) is 23.5. The third-order valence-corrected chi connectivity index (χ3v) is 6.78. The number of aromatic nitrogens is 2. The number of methoxy groups -OCH3 is 1. The van der Waals surface area contributed by atoms with E-state index >= 15 is 0 Å². The lowest BCUT2D eigenvalue weighted by Gasteiger charge is -2.29. The largest absolute Gasteiger partial charge is 0.493 e. The first-order valence-corrected chi connectivity index (χ1v) is 11.8. The summed E-state index contributed by atoms with van der Waals surface area (Å²) in [7, 11) is 3.39. The molecule has 7 nitrogen and oxygen atoms in total. The molecule has 0 spiro atoms. The van der Waals surface area contributed by atoms with Crippen LogP contribution in [0.5, 0.6) is 11.5 Å². The molecule has 172 valence electrons. The molecule has 2 aromatic carbocycles. The third-order valence-electron chi connectivity index (χ3n) is 5.68. The number of hydrogen-bond donors (Lipinski definition) is 1. The van der Waals surface area contributed by atoms with E-state index in [2.05, 4.69) is 34.6 Å². The average Bonchev–Trinajstić information content (AvgIpc) is 2.81. The van der Waals surface area contributed by atoms with E-state index in [0.29, 0.717) is 40.4 Å². The highest BCUT2D eigenvalue weighted by molar-refractivity contribution is 7.98. The predicted molar refractivity (Wildman–Crippen MR) is 129 cm³/mol. The Hall–Kier alpha value is -3.26. The van der Waals surface area contributed by atoms with Crippen LogP contribution in [0.25, 0.3) is 0 Å². The highest BCUT2D eigenvalue weighted by Gasteiger charge is 2.34. The van der Waals surface area contributed by atoms with Crippen molar-refractivity contribution in [2.45, 2.75) is 37.1 Å². The first-order chi connectivity index (χ1) is 15.9. The maximum atomic E-state index is 13.2. The first-order valence-electron chi connectivity index (χ1n) is 10.8. The Kier molecular flexibility index (Phi) is 6.74. The molecule has 3 aromatic rings. The van der Waals surface area contributed by atoms with E-state index in [-0.39, 0.29) is 17.9 Å². The highest BCUT2D eigenvalue weighted by atomic mass is 32.2. The van der Waals surface area contributed by atoms with Crippen LogP contribution in [0, 0.1) is 6.92 Å². The summed E-state index contributed by atoms with van der Waals surface area (Å²) >= 11 is 1.46. The molecule has 33 heavy (non-hydrogen) atoms. The van der Waals surface area contributed by atoms with Crippen LogP contribution in [0.1, 0.15) is 41.5 Å². The van der Waals surface area contributed by atoms with Crippen LogP contribution in [0.2, 0.25) is 0 Å². The van der Waals surface area contributed by atoms with Gasteiger partial charge in [0.25, 0.3) is 5.56 Å². The molecule has 1 aliphatic rings. The van der Waals surface area contributed by atoms with Crippen LogP contribution in [0.15, 0.2) is 52.4 Å². The van der Waals surface area contributed by atoms with Gasteiger partial charge in [-0.05, 0) is 25.5 Å². The van der Waals surface area contributed by atoms with Crippen LogP contribution >= 0.6 is 11.8 Å². The van der Waals surface area contributed by atoms with E-state index in [4.69, 9.17) is 9.47 Å². The average molecular weight is 466 g/mol. The Balaban J connectivity index is 1.75. The van der Waals surface area contributed by atoms with Crippen LogP contribution in [-0.2, 0) is 17.6 Å². The maximum Gasteiger partial charge on any atom is 0.279 e. The van der Waals surface area contributed by atoms with E-state index in [1.807, 2.05) is 33.0 Å². The van der Waals surface area contributed by atoms with Gasteiger partial charge in [-0.1, -0.05) is 53.7 Å². The zero-order valence-corrected chi connectivity index (χ0v) is 20.0. The molecule has 0 fully saturated rings. The molecule has 1 N–H and O–H groups in total. The Labute approximate surface area is 197 Å². The number of nitrogens with one attached hydrogen (secondary N) is 1. The van der Waals surface area contributed by atoms with Gasteiger partial charge in [0.1, 0.15) is 5.82 Å². The second-order valence-corrected chi connectivity index (χ2v) is 8.85.